The molecule has 12 heteroatoms. The minimum absolute atomic E-state index is 0.00313. The first-order valence-electron chi connectivity index (χ1n) is 16.7. The third kappa shape index (κ3) is 6.75. The molecule has 4 atom stereocenters. The van der Waals surface area contributed by atoms with E-state index in [1.54, 1.807) is 57.4 Å². The highest BCUT2D eigenvalue weighted by Gasteiger charge is 2.38. The van der Waals surface area contributed by atoms with Crippen molar-refractivity contribution in [2.75, 3.05) is 51.7 Å². The lowest BCUT2D eigenvalue weighted by molar-refractivity contribution is -0.134. The second kappa shape index (κ2) is 14.6. The second-order valence-electron chi connectivity index (χ2n) is 13.0. The number of likely N-dealkylation sites (tertiary alicyclic amines) is 1. The van der Waals surface area contributed by atoms with Gasteiger partial charge in [-0.25, -0.2) is 0 Å². The van der Waals surface area contributed by atoms with Crippen LogP contribution in [-0.2, 0) is 22.6 Å². The number of nitrogens with zero attached hydrogens (tertiary/aromatic N) is 2. The van der Waals surface area contributed by atoms with Crippen molar-refractivity contribution in [1.29, 1.82) is 0 Å². The Bertz CT molecular complexity index is 1880. The number of hydrogen-bond acceptors (Lipinski definition) is 9. The lowest BCUT2D eigenvalue weighted by atomic mass is 9.83. The highest BCUT2D eigenvalue weighted by molar-refractivity contribution is 7.98. The predicted molar refractivity (Wildman–Crippen MR) is 191 cm³/mol. The lowest BCUT2D eigenvalue weighted by Crippen LogP contribution is -2.53. The van der Waals surface area contributed by atoms with E-state index in [0.29, 0.717) is 67.4 Å². The molecule has 2 N–H and O–H groups in total. The molecule has 0 spiro atoms. The number of rotatable bonds is 10. The van der Waals surface area contributed by atoms with Gasteiger partial charge in [-0.3, -0.25) is 19.2 Å². The first kappa shape index (κ1) is 34.4. The van der Waals surface area contributed by atoms with Crippen LogP contribution in [0.3, 0.4) is 0 Å². The summed E-state index contributed by atoms with van der Waals surface area (Å²) in [6.45, 7) is 3.15. The number of ether oxygens (including phenoxy) is 3. The number of benzene rings is 1. The molecule has 0 radical (unpaired) electrons. The van der Waals surface area contributed by atoms with Crippen LogP contribution in [0.2, 0.25) is 0 Å². The van der Waals surface area contributed by atoms with Crippen LogP contribution in [0, 0.1) is 5.92 Å². The van der Waals surface area contributed by atoms with Gasteiger partial charge < -0.3 is 34.3 Å². The van der Waals surface area contributed by atoms with E-state index >= 15 is 0 Å². The zero-order valence-electron chi connectivity index (χ0n) is 28.7. The average molecular weight is 689 g/mol. The Balaban J connectivity index is 1.39. The van der Waals surface area contributed by atoms with Gasteiger partial charge in [0, 0.05) is 49.8 Å². The summed E-state index contributed by atoms with van der Waals surface area (Å²) in [6.07, 6.45) is 4.61. The maximum atomic E-state index is 14.3. The molecule has 3 heterocycles. The van der Waals surface area contributed by atoms with Crippen LogP contribution in [0.15, 0.2) is 52.1 Å². The average Bonchev–Trinajstić information content (AvgIpc) is 3.33. The molecule has 2 bridgehead atoms. The summed E-state index contributed by atoms with van der Waals surface area (Å²) >= 11 is 1.64. The van der Waals surface area contributed by atoms with Crippen LogP contribution in [-0.4, -0.2) is 73.8 Å². The number of fused-ring (bicyclic) bond motifs is 7. The summed E-state index contributed by atoms with van der Waals surface area (Å²) in [5.74, 6) is 2.17. The third-order valence-electron chi connectivity index (χ3n) is 9.95. The quantitative estimate of drug-likeness (QED) is 0.322. The minimum Gasteiger partial charge on any atom is -0.493 e. The van der Waals surface area contributed by atoms with Crippen LogP contribution in [0.5, 0.6) is 17.2 Å². The predicted octanol–water partition coefficient (Wildman–Crippen LogP) is 4.20. The van der Waals surface area contributed by atoms with E-state index in [9.17, 15) is 19.2 Å². The number of aryl methyl sites for hydroxylation is 1. The molecule has 0 saturated carbocycles. The van der Waals surface area contributed by atoms with E-state index < -0.39 is 12.1 Å². The number of piperidine rings is 1. The van der Waals surface area contributed by atoms with Crippen molar-refractivity contribution in [1.82, 2.24) is 14.8 Å². The summed E-state index contributed by atoms with van der Waals surface area (Å²) < 4.78 is 19.1. The van der Waals surface area contributed by atoms with Crippen LogP contribution in [0.1, 0.15) is 55.0 Å². The number of pyridine rings is 1. The number of amides is 2. The van der Waals surface area contributed by atoms with Crippen molar-refractivity contribution in [2.45, 2.75) is 57.2 Å². The van der Waals surface area contributed by atoms with Crippen molar-refractivity contribution in [3.05, 3.63) is 79.9 Å². The molecule has 2 aromatic carbocycles. The van der Waals surface area contributed by atoms with E-state index in [-0.39, 0.29) is 34.6 Å². The number of thioether (sulfide) groups is 1. The molecule has 1 aromatic heterocycles. The lowest BCUT2D eigenvalue weighted by Gasteiger charge is -2.43. The maximum absolute atomic E-state index is 14.3. The van der Waals surface area contributed by atoms with Gasteiger partial charge >= 0.3 is 0 Å². The van der Waals surface area contributed by atoms with Crippen LogP contribution in [0.25, 0.3) is 11.1 Å². The molecule has 11 nitrogen and oxygen atoms in total. The summed E-state index contributed by atoms with van der Waals surface area (Å²) in [6, 6.07) is 11.4. The van der Waals surface area contributed by atoms with Crippen molar-refractivity contribution >= 4 is 29.3 Å². The van der Waals surface area contributed by atoms with E-state index in [0.717, 1.165) is 34.6 Å². The van der Waals surface area contributed by atoms with Crippen LogP contribution >= 0.6 is 11.8 Å². The van der Waals surface area contributed by atoms with Crippen molar-refractivity contribution in [3.8, 4) is 28.4 Å². The number of carbonyl (C=O) groups is 2. The Hall–Kier alpha value is -4.45. The van der Waals surface area contributed by atoms with E-state index in [1.165, 1.54) is 6.92 Å². The number of carbonyl (C=O) groups excluding carboxylic acids is 2. The van der Waals surface area contributed by atoms with Gasteiger partial charge in [0.05, 0.1) is 33.1 Å². The first-order chi connectivity index (χ1) is 23.7. The Kier molecular flexibility index (Phi) is 10.2. The molecule has 1 aliphatic carbocycles. The molecule has 49 heavy (non-hydrogen) atoms. The summed E-state index contributed by atoms with van der Waals surface area (Å²) in [7, 11) is 4.68. The van der Waals surface area contributed by atoms with Crippen molar-refractivity contribution in [3.63, 3.8) is 0 Å². The molecule has 2 aliphatic heterocycles. The number of methoxy groups -OCH3 is 3. The Morgan fingerprint density at radius 3 is 2.51 bits per heavy atom. The topological polar surface area (TPSA) is 128 Å². The maximum Gasteiger partial charge on any atom is 0.250 e. The number of anilines is 1. The fourth-order valence-corrected chi connectivity index (χ4v) is 8.28. The van der Waals surface area contributed by atoms with Crippen LogP contribution < -0.4 is 35.8 Å². The fraction of sp³-hybridized carbons (Fsp3) is 0.459. The highest BCUT2D eigenvalue weighted by Crippen LogP contribution is 2.50. The third-order valence-corrected chi connectivity index (χ3v) is 10.6. The molecule has 1 fully saturated rings. The normalized spacial score (nSPS) is 19.7. The molecule has 3 aliphatic rings. The zero-order valence-corrected chi connectivity index (χ0v) is 29.5. The molecular weight excluding hydrogens is 644 g/mol. The molecule has 1 saturated heterocycles. The molecule has 3 aromatic rings. The largest absolute Gasteiger partial charge is 0.493 e. The number of hydrogen-bond donors (Lipinski definition) is 2. The smallest absolute Gasteiger partial charge is 0.250 e. The van der Waals surface area contributed by atoms with Gasteiger partial charge in [0.15, 0.2) is 11.5 Å². The monoisotopic (exact) mass is 688 g/mol. The molecule has 6 rings (SSSR count). The summed E-state index contributed by atoms with van der Waals surface area (Å²) in [5.41, 5.74) is 4.06. The SMILES string of the molecule is COc1cc2c(c(OC)c1OC)-c1ccc(N[C@H](CCSC)C(=O)N3CC4CC(C3)c3cccc(=O)n3C4)c(=O)cc1[C@@H](NC(C)=O)CC2. The zero-order chi connectivity index (χ0) is 34.8. The Labute approximate surface area is 290 Å². The van der Waals surface area contributed by atoms with Gasteiger partial charge in [0.2, 0.25) is 23.0 Å². The van der Waals surface area contributed by atoms with Gasteiger partial charge in [-0.1, -0.05) is 12.1 Å². The summed E-state index contributed by atoms with van der Waals surface area (Å²) in [5, 5.41) is 6.39. The van der Waals surface area contributed by atoms with E-state index in [4.69, 9.17) is 14.2 Å². The molecular formula is C37H44N4O7S. The first-order valence-corrected chi connectivity index (χ1v) is 18.1. The summed E-state index contributed by atoms with van der Waals surface area (Å²) in [4.78, 5) is 55.1. The second-order valence-corrected chi connectivity index (χ2v) is 14.0. The Morgan fingerprint density at radius 1 is 1.00 bits per heavy atom. The van der Waals surface area contributed by atoms with Crippen LogP contribution in [0.4, 0.5) is 5.69 Å². The highest BCUT2D eigenvalue weighted by atomic mass is 32.2. The molecule has 2 unspecified atom stereocenters. The molecule has 2 amide bonds. The van der Waals surface area contributed by atoms with Gasteiger partial charge in [-0.15, -0.1) is 0 Å². The Morgan fingerprint density at radius 2 is 1.80 bits per heavy atom. The number of aromatic nitrogens is 1. The fourth-order valence-electron chi connectivity index (χ4n) is 7.80. The van der Waals surface area contributed by atoms with Crippen molar-refractivity contribution in [2.24, 2.45) is 5.92 Å². The minimum atomic E-state index is -0.628. The molecule has 260 valence electrons. The van der Waals surface area contributed by atoms with Gasteiger partial charge in [-0.05, 0) is 84.6 Å². The standard InChI is InChI=1S/C37H44N4O7S/c1-21(42)38-27-11-9-23-16-32(46-2)35(47-3)36(48-4)34(23)25-10-12-28(31(43)17-26(25)27)39-29(13-14-49-5)37(45)40-18-22-15-24(20-40)30-7-6-8-33(44)41(30)19-22/h6-8,10,12,16-17,22,24,27,29H,9,11,13-15,18-20H2,1-5H3,(H,38,42)(H,39,43)/t22?,24?,27-,29+/m0/s1. The number of nitrogens with one attached hydrogen (secondary N) is 2. The van der Waals surface area contributed by atoms with Gasteiger partial charge in [-0.2, -0.15) is 11.8 Å². The van der Waals surface area contributed by atoms with Gasteiger partial charge in [0.1, 0.15) is 6.04 Å². The van der Waals surface area contributed by atoms with Gasteiger partial charge in [0.25, 0.3) is 5.56 Å². The van der Waals surface area contributed by atoms with Crippen molar-refractivity contribution < 1.29 is 23.8 Å². The van der Waals surface area contributed by atoms with E-state index in [1.807, 2.05) is 33.9 Å². The van der Waals surface area contributed by atoms with E-state index in [2.05, 4.69) is 10.6 Å².